The number of ether oxygens (including phenoxy) is 1. The minimum absolute atomic E-state index is 0.0427. The first-order valence-corrected chi connectivity index (χ1v) is 13.7. The average Bonchev–Trinajstić information content (AvgIpc) is 2.81. The molecule has 0 unspecified atom stereocenters. The number of halogens is 2. The van der Waals surface area contributed by atoms with Crippen molar-refractivity contribution in [3.05, 3.63) is 58.1 Å². The van der Waals surface area contributed by atoms with Gasteiger partial charge in [0.1, 0.15) is 11.8 Å². The van der Waals surface area contributed by atoms with E-state index in [9.17, 15) is 18.0 Å². The average molecular weight is 545 g/mol. The molecule has 1 N–H and O–H groups in total. The van der Waals surface area contributed by atoms with E-state index in [0.717, 1.165) is 11.8 Å². The van der Waals surface area contributed by atoms with Crippen molar-refractivity contribution in [1.29, 1.82) is 0 Å². The molecule has 8 nitrogen and oxygen atoms in total. The fourth-order valence-electron chi connectivity index (χ4n) is 3.51. The second-order valence-corrected chi connectivity index (χ2v) is 10.7. The Hall–Kier alpha value is -2.49. The van der Waals surface area contributed by atoms with Gasteiger partial charge in [-0.2, -0.15) is 0 Å². The minimum atomic E-state index is -3.59. The van der Waals surface area contributed by atoms with Gasteiger partial charge < -0.3 is 15.0 Å². The standard InChI is InChI=1S/C24H31Cl2N3O5S/c1-5-27-24(31)17(2)28(16-18-11-12-21(25)22(26)14-18)23(30)10-7-13-29(35(4,32)33)19-8-6-9-20(15-19)34-3/h6,8-9,11-12,14-15,17H,5,7,10,13,16H2,1-4H3,(H,27,31)/t17-/m0/s1. The number of benzene rings is 2. The van der Waals surface area contributed by atoms with Gasteiger partial charge in [0.05, 0.1) is 29.1 Å². The molecule has 2 amide bonds. The smallest absolute Gasteiger partial charge is 0.242 e. The van der Waals surface area contributed by atoms with Gasteiger partial charge in [0, 0.05) is 32.1 Å². The first-order valence-electron chi connectivity index (χ1n) is 11.1. The predicted octanol–water partition coefficient (Wildman–Crippen LogP) is 4.10. The summed E-state index contributed by atoms with van der Waals surface area (Å²) in [4.78, 5) is 27.2. The largest absolute Gasteiger partial charge is 0.497 e. The van der Waals surface area contributed by atoms with E-state index in [1.807, 2.05) is 0 Å². The summed E-state index contributed by atoms with van der Waals surface area (Å²) in [6, 6.07) is 11.0. The van der Waals surface area contributed by atoms with Crippen LogP contribution in [-0.2, 0) is 26.2 Å². The van der Waals surface area contributed by atoms with Crippen LogP contribution in [0.5, 0.6) is 5.75 Å². The lowest BCUT2D eigenvalue weighted by molar-refractivity contribution is -0.140. The van der Waals surface area contributed by atoms with Gasteiger partial charge in [-0.1, -0.05) is 35.3 Å². The molecule has 1 atom stereocenters. The molecule has 35 heavy (non-hydrogen) atoms. The molecule has 11 heteroatoms. The van der Waals surface area contributed by atoms with Crippen molar-refractivity contribution in [2.75, 3.05) is 30.8 Å². The van der Waals surface area contributed by atoms with Crippen LogP contribution in [-0.4, -0.2) is 57.6 Å². The van der Waals surface area contributed by atoms with Gasteiger partial charge in [0.25, 0.3) is 0 Å². The lowest BCUT2D eigenvalue weighted by Crippen LogP contribution is -2.47. The Morgan fingerprint density at radius 1 is 1.11 bits per heavy atom. The van der Waals surface area contributed by atoms with Gasteiger partial charge in [0.15, 0.2) is 0 Å². The molecule has 0 aliphatic heterocycles. The Kier molecular flexibility index (Phi) is 10.7. The van der Waals surface area contributed by atoms with Crippen LogP contribution in [0.3, 0.4) is 0 Å². The normalized spacial score (nSPS) is 12.1. The Labute approximate surface area is 217 Å². The molecule has 2 aromatic rings. The van der Waals surface area contributed by atoms with E-state index in [1.165, 1.54) is 16.3 Å². The summed E-state index contributed by atoms with van der Waals surface area (Å²) >= 11 is 12.1. The lowest BCUT2D eigenvalue weighted by Gasteiger charge is -2.29. The van der Waals surface area contributed by atoms with E-state index in [1.54, 1.807) is 56.3 Å². The number of methoxy groups -OCH3 is 1. The molecule has 0 fully saturated rings. The van der Waals surface area contributed by atoms with Crippen molar-refractivity contribution in [2.24, 2.45) is 0 Å². The van der Waals surface area contributed by atoms with Crippen LogP contribution in [0.1, 0.15) is 32.3 Å². The highest BCUT2D eigenvalue weighted by Gasteiger charge is 2.26. The first kappa shape index (κ1) is 28.7. The van der Waals surface area contributed by atoms with Gasteiger partial charge >= 0.3 is 0 Å². The number of nitrogens with one attached hydrogen (secondary N) is 1. The SMILES string of the molecule is CCNC(=O)[C@H](C)N(Cc1ccc(Cl)c(Cl)c1)C(=O)CCCN(c1cccc(OC)c1)S(C)(=O)=O. The van der Waals surface area contributed by atoms with E-state index >= 15 is 0 Å². The zero-order chi connectivity index (χ0) is 26.2. The number of anilines is 1. The molecule has 0 bridgehead atoms. The highest BCUT2D eigenvalue weighted by atomic mass is 35.5. The van der Waals surface area contributed by atoms with E-state index < -0.39 is 16.1 Å². The van der Waals surface area contributed by atoms with Crippen molar-refractivity contribution in [1.82, 2.24) is 10.2 Å². The monoisotopic (exact) mass is 543 g/mol. The molecule has 0 aromatic heterocycles. The van der Waals surface area contributed by atoms with Gasteiger partial charge in [-0.3, -0.25) is 13.9 Å². The van der Waals surface area contributed by atoms with Crippen LogP contribution in [0.4, 0.5) is 5.69 Å². The predicted molar refractivity (Wildman–Crippen MR) is 140 cm³/mol. The molecule has 0 saturated heterocycles. The molecule has 0 radical (unpaired) electrons. The number of rotatable bonds is 12. The molecule has 0 heterocycles. The van der Waals surface area contributed by atoms with Gasteiger partial charge in [-0.05, 0) is 50.1 Å². The summed E-state index contributed by atoms with van der Waals surface area (Å²) in [6.07, 6.45) is 1.41. The number of carbonyl (C=O) groups excluding carboxylic acids is 2. The summed E-state index contributed by atoms with van der Waals surface area (Å²) in [5.41, 5.74) is 1.17. The van der Waals surface area contributed by atoms with Crippen LogP contribution in [0.25, 0.3) is 0 Å². The van der Waals surface area contributed by atoms with E-state index in [2.05, 4.69) is 5.32 Å². The van der Waals surface area contributed by atoms with E-state index in [4.69, 9.17) is 27.9 Å². The fraction of sp³-hybridized carbons (Fsp3) is 0.417. The van der Waals surface area contributed by atoms with Crippen LogP contribution in [0.2, 0.25) is 10.0 Å². The maximum absolute atomic E-state index is 13.2. The molecule has 2 rings (SSSR count). The van der Waals surface area contributed by atoms with Crippen molar-refractivity contribution in [2.45, 2.75) is 39.3 Å². The fourth-order valence-corrected chi connectivity index (χ4v) is 4.79. The third-order valence-electron chi connectivity index (χ3n) is 5.35. The van der Waals surface area contributed by atoms with Crippen LogP contribution in [0.15, 0.2) is 42.5 Å². The highest BCUT2D eigenvalue weighted by Crippen LogP contribution is 2.25. The molecule has 0 aliphatic rings. The maximum atomic E-state index is 13.2. The number of carbonyl (C=O) groups is 2. The van der Waals surface area contributed by atoms with E-state index in [0.29, 0.717) is 28.0 Å². The Bertz CT molecular complexity index is 1140. The number of hydrogen-bond donors (Lipinski definition) is 1. The number of hydrogen-bond acceptors (Lipinski definition) is 5. The third kappa shape index (κ3) is 8.30. The first-order chi connectivity index (χ1) is 16.5. The number of sulfonamides is 1. The van der Waals surface area contributed by atoms with Crippen molar-refractivity contribution in [3.8, 4) is 5.75 Å². The molecule has 2 aromatic carbocycles. The second-order valence-electron chi connectivity index (χ2n) is 7.98. The Morgan fingerprint density at radius 2 is 1.83 bits per heavy atom. The zero-order valence-electron chi connectivity index (χ0n) is 20.3. The zero-order valence-corrected chi connectivity index (χ0v) is 22.6. The molecular weight excluding hydrogens is 513 g/mol. The van der Waals surface area contributed by atoms with Crippen LogP contribution < -0.4 is 14.4 Å². The maximum Gasteiger partial charge on any atom is 0.242 e. The Balaban J connectivity index is 2.19. The summed E-state index contributed by atoms with van der Waals surface area (Å²) in [6.45, 7) is 4.13. The summed E-state index contributed by atoms with van der Waals surface area (Å²) in [7, 11) is -2.09. The Morgan fingerprint density at radius 3 is 2.43 bits per heavy atom. The van der Waals surface area contributed by atoms with E-state index in [-0.39, 0.29) is 37.7 Å². The van der Waals surface area contributed by atoms with Crippen molar-refractivity contribution >= 4 is 50.7 Å². The number of likely N-dealkylation sites (N-methyl/N-ethyl adjacent to an activating group) is 1. The summed E-state index contributed by atoms with van der Waals surface area (Å²) in [5.74, 6) is -0.0419. The van der Waals surface area contributed by atoms with Gasteiger partial charge in [-0.25, -0.2) is 8.42 Å². The highest BCUT2D eigenvalue weighted by molar-refractivity contribution is 7.92. The minimum Gasteiger partial charge on any atom is -0.497 e. The number of nitrogens with zero attached hydrogens (tertiary/aromatic N) is 2. The van der Waals surface area contributed by atoms with Gasteiger partial charge in [-0.15, -0.1) is 0 Å². The second kappa shape index (κ2) is 13.0. The molecular formula is C24H31Cl2N3O5S. The quantitative estimate of drug-likeness (QED) is 0.434. The van der Waals surface area contributed by atoms with Gasteiger partial charge in [0.2, 0.25) is 21.8 Å². The molecule has 0 spiro atoms. The molecule has 0 aliphatic carbocycles. The summed E-state index contributed by atoms with van der Waals surface area (Å²) in [5, 5.41) is 3.48. The lowest BCUT2D eigenvalue weighted by atomic mass is 10.1. The van der Waals surface area contributed by atoms with Crippen molar-refractivity contribution < 1.29 is 22.7 Å². The summed E-state index contributed by atoms with van der Waals surface area (Å²) < 4.78 is 31.3. The third-order valence-corrected chi connectivity index (χ3v) is 7.28. The van der Waals surface area contributed by atoms with Crippen molar-refractivity contribution in [3.63, 3.8) is 0 Å². The van der Waals surface area contributed by atoms with Crippen LogP contribution >= 0.6 is 23.2 Å². The topological polar surface area (TPSA) is 96.0 Å². The van der Waals surface area contributed by atoms with Crippen LogP contribution in [0, 0.1) is 0 Å². The molecule has 0 saturated carbocycles. The molecule has 192 valence electrons. The number of amides is 2.